The van der Waals surface area contributed by atoms with Gasteiger partial charge in [-0.15, -0.1) is 10.2 Å². The van der Waals surface area contributed by atoms with Gasteiger partial charge in [-0.1, -0.05) is 60.3 Å². The molecule has 0 spiro atoms. The monoisotopic (exact) mass is 412 g/mol. The van der Waals surface area contributed by atoms with Gasteiger partial charge in [0, 0.05) is 19.2 Å². The first-order chi connectivity index (χ1) is 13.7. The Kier molecular flexibility index (Phi) is 6.99. The lowest BCUT2D eigenvalue weighted by Gasteiger charge is -2.11. The molecule has 0 aliphatic heterocycles. The zero-order valence-corrected chi connectivity index (χ0v) is 16.9. The van der Waals surface area contributed by atoms with Crippen LogP contribution in [0, 0.1) is 0 Å². The predicted molar refractivity (Wildman–Crippen MR) is 114 cm³/mol. The van der Waals surface area contributed by atoms with Crippen LogP contribution in [0.3, 0.4) is 0 Å². The zero-order valence-electron chi connectivity index (χ0n) is 15.3. The summed E-state index contributed by atoms with van der Waals surface area (Å²) in [6.07, 6.45) is 0.646. The third kappa shape index (κ3) is 5.30. The van der Waals surface area contributed by atoms with E-state index >= 15 is 0 Å². The molecule has 144 valence electrons. The number of nitrogens with zero attached hydrogens (tertiary/aromatic N) is 3. The highest BCUT2D eigenvalue weighted by molar-refractivity contribution is 7.99. The Morgan fingerprint density at radius 1 is 1.04 bits per heavy atom. The smallest absolute Gasteiger partial charge is 0.248 e. The van der Waals surface area contributed by atoms with Crippen molar-refractivity contribution in [1.29, 1.82) is 0 Å². The normalized spacial score (nSPS) is 10.3. The molecule has 3 aromatic rings. The minimum Gasteiger partial charge on any atom is -0.364 e. The number of amides is 1. The van der Waals surface area contributed by atoms with Crippen LogP contribution in [0.15, 0.2) is 65.8 Å². The van der Waals surface area contributed by atoms with E-state index in [4.69, 9.17) is 12.2 Å². The number of aromatic nitrogens is 3. The summed E-state index contributed by atoms with van der Waals surface area (Å²) in [6, 6.07) is 20.0. The molecule has 1 amide bonds. The number of carbonyl (C=O) groups excluding carboxylic acids is 1. The standard InChI is InChI=1S/C19H20N6OS2/c1-20-18(27)23-22-17(26)13-28-19-24-21-16(12-14-8-4-2-5-9-14)25(19)15-10-6-3-7-11-15/h2-11H,12-13H2,1H3,(H,22,26)(H2,20,23,27). The first-order valence-corrected chi connectivity index (χ1v) is 9.99. The molecule has 3 N–H and O–H groups in total. The van der Waals surface area contributed by atoms with Crippen molar-refractivity contribution in [2.45, 2.75) is 11.6 Å². The van der Waals surface area contributed by atoms with Crippen LogP contribution >= 0.6 is 24.0 Å². The fourth-order valence-corrected chi connectivity index (χ4v) is 3.30. The molecule has 9 heteroatoms. The molecule has 1 aromatic heterocycles. The molecule has 0 radical (unpaired) electrons. The number of hydrogen-bond acceptors (Lipinski definition) is 5. The van der Waals surface area contributed by atoms with Gasteiger partial charge in [-0.3, -0.25) is 20.2 Å². The highest BCUT2D eigenvalue weighted by atomic mass is 32.2. The van der Waals surface area contributed by atoms with Gasteiger partial charge < -0.3 is 5.32 Å². The molecule has 0 unspecified atom stereocenters. The number of thiocarbonyl (C=S) groups is 1. The first-order valence-electron chi connectivity index (χ1n) is 8.60. The lowest BCUT2D eigenvalue weighted by molar-refractivity contribution is -0.119. The van der Waals surface area contributed by atoms with E-state index in [1.54, 1.807) is 7.05 Å². The topological polar surface area (TPSA) is 83.9 Å². The van der Waals surface area contributed by atoms with Crippen LogP contribution in [0.2, 0.25) is 0 Å². The van der Waals surface area contributed by atoms with Crippen molar-refractivity contribution in [2.24, 2.45) is 0 Å². The van der Waals surface area contributed by atoms with Crippen molar-refractivity contribution >= 4 is 35.0 Å². The molecule has 2 aromatic carbocycles. The predicted octanol–water partition coefficient (Wildman–Crippen LogP) is 2.08. The van der Waals surface area contributed by atoms with Crippen LogP contribution < -0.4 is 16.2 Å². The van der Waals surface area contributed by atoms with Gasteiger partial charge in [-0.2, -0.15) is 0 Å². The van der Waals surface area contributed by atoms with Gasteiger partial charge in [-0.25, -0.2) is 0 Å². The number of para-hydroxylation sites is 1. The molecule has 0 bridgehead atoms. The van der Waals surface area contributed by atoms with Crippen LogP contribution in [0.4, 0.5) is 0 Å². The summed E-state index contributed by atoms with van der Waals surface area (Å²) >= 11 is 6.25. The van der Waals surface area contributed by atoms with Gasteiger partial charge in [0.05, 0.1) is 5.75 Å². The Morgan fingerprint density at radius 2 is 1.71 bits per heavy atom. The van der Waals surface area contributed by atoms with Gasteiger partial charge in [-0.05, 0) is 29.9 Å². The van der Waals surface area contributed by atoms with Crippen molar-refractivity contribution < 1.29 is 4.79 Å². The molecule has 0 atom stereocenters. The molecule has 0 saturated heterocycles. The van der Waals surface area contributed by atoms with Crippen molar-refractivity contribution in [1.82, 2.24) is 30.9 Å². The summed E-state index contributed by atoms with van der Waals surface area (Å²) in [5.74, 6) is 0.778. The van der Waals surface area contributed by atoms with Gasteiger partial charge in [0.2, 0.25) is 5.91 Å². The first kappa shape index (κ1) is 19.8. The molecule has 0 fully saturated rings. The van der Waals surface area contributed by atoms with Gasteiger partial charge in [0.15, 0.2) is 10.3 Å². The molecule has 1 heterocycles. The second kappa shape index (κ2) is 9.86. The third-order valence-corrected chi connectivity index (χ3v) is 5.03. The van der Waals surface area contributed by atoms with Crippen LogP contribution in [-0.4, -0.2) is 38.6 Å². The van der Waals surface area contributed by atoms with Crippen LogP contribution in [-0.2, 0) is 11.2 Å². The van der Waals surface area contributed by atoms with Crippen molar-refractivity contribution in [3.05, 3.63) is 72.1 Å². The number of benzene rings is 2. The zero-order chi connectivity index (χ0) is 19.8. The Hall–Kier alpha value is -2.91. The number of hydrazine groups is 1. The van der Waals surface area contributed by atoms with Crippen LogP contribution in [0.1, 0.15) is 11.4 Å². The lowest BCUT2D eigenvalue weighted by Crippen LogP contribution is -2.46. The number of carbonyl (C=O) groups is 1. The highest BCUT2D eigenvalue weighted by Crippen LogP contribution is 2.23. The van der Waals surface area contributed by atoms with E-state index in [1.807, 2.05) is 53.1 Å². The van der Waals surface area contributed by atoms with Gasteiger partial charge in [0.1, 0.15) is 5.82 Å². The van der Waals surface area contributed by atoms with Crippen LogP contribution in [0.5, 0.6) is 0 Å². The number of thioether (sulfide) groups is 1. The molecule has 7 nitrogen and oxygen atoms in total. The maximum Gasteiger partial charge on any atom is 0.248 e. The van der Waals surface area contributed by atoms with E-state index in [1.165, 1.54) is 11.8 Å². The molecular formula is C19H20N6OS2. The summed E-state index contributed by atoms with van der Waals surface area (Å²) in [6.45, 7) is 0. The van der Waals surface area contributed by atoms with Crippen molar-refractivity contribution in [2.75, 3.05) is 12.8 Å². The summed E-state index contributed by atoms with van der Waals surface area (Å²) in [5, 5.41) is 12.4. The molecule has 3 rings (SSSR count). The van der Waals surface area contributed by atoms with Crippen molar-refractivity contribution in [3.8, 4) is 5.69 Å². The third-order valence-electron chi connectivity index (χ3n) is 3.79. The average Bonchev–Trinajstić information content (AvgIpc) is 3.14. The largest absolute Gasteiger partial charge is 0.364 e. The van der Waals surface area contributed by atoms with E-state index in [-0.39, 0.29) is 11.7 Å². The van der Waals surface area contributed by atoms with Gasteiger partial charge >= 0.3 is 0 Å². The van der Waals surface area contributed by atoms with E-state index < -0.39 is 0 Å². The maximum absolute atomic E-state index is 12.0. The lowest BCUT2D eigenvalue weighted by atomic mass is 10.1. The Morgan fingerprint density at radius 3 is 2.39 bits per heavy atom. The minimum absolute atomic E-state index is 0.176. The molecule has 0 aliphatic carbocycles. The van der Waals surface area contributed by atoms with E-state index in [0.29, 0.717) is 16.7 Å². The molecule has 0 saturated carbocycles. The summed E-state index contributed by atoms with van der Waals surface area (Å²) < 4.78 is 1.98. The molecule has 28 heavy (non-hydrogen) atoms. The fraction of sp³-hybridized carbons (Fsp3) is 0.158. The van der Waals surface area contributed by atoms with E-state index in [9.17, 15) is 4.79 Å². The Balaban J connectivity index is 1.77. The van der Waals surface area contributed by atoms with Crippen LogP contribution in [0.25, 0.3) is 5.69 Å². The average molecular weight is 413 g/mol. The second-order valence-corrected chi connectivity index (χ2v) is 7.12. The maximum atomic E-state index is 12.0. The number of nitrogens with one attached hydrogen (secondary N) is 3. The van der Waals surface area contributed by atoms with Gasteiger partial charge in [0.25, 0.3) is 0 Å². The molecule has 0 aliphatic rings. The summed E-state index contributed by atoms with van der Waals surface area (Å²) in [4.78, 5) is 12.0. The van der Waals surface area contributed by atoms with E-state index in [0.717, 1.165) is 17.1 Å². The number of rotatable bonds is 6. The molecular weight excluding hydrogens is 392 g/mol. The minimum atomic E-state index is -0.213. The Labute approximate surface area is 172 Å². The second-order valence-electron chi connectivity index (χ2n) is 5.77. The van der Waals surface area contributed by atoms with Crippen molar-refractivity contribution in [3.63, 3.8) is 0 Å². The number of hydrogen-bond donors (Lipinski definition) is 3. The summed E-state index contributed by atoms with van der Waals surface area (Å²) in [5.41, 5.74) is 7.25. The quantitative estimate of drug-likeness (QED) is 0.325. The highest BCUT2D eigenvalue weighted by Gasteiger charge is 2.16. The Bertz CT molecular complexity index is 930. The summed E-state index contributed by atoms with van der Waals surface area (Å²) in [7, 11) is 1.67. The SMILES string of the molecule is CNC(=S)NNC(=O)CSc1nnc(Cc2ccccc2)n1-c1ccccc1. The fourth-order valence-electron chi connectivity index (χ4n) is 2.48. The van der Waals surface area contributed by atoms with E-state index in [2.05, 4.69) is 38.5 Å².